The molecule has 1 aliphatic rings. The van der Waals surface area contributed by atoms with Gasteiger partial charge in [-0.3, -0.25) is 9.59 Å². The van der Waals surface area contributed by atoms with Gasteiger partial charge in [-0.05, 0) is 38.0 Å². The Bertz CT molecular complexity index is 594. The first kappa shape index (κ1) is 16.1. The van der Waals surface area contributed by atoms with Crippen LogP contribution in [0.5, 0.6) is 5.75 Å². The fourth-order valence-corrected chi connectivity index (χ4v) is 2.63. The highest BCUT2D eigenvalue weighted by Crippen LogP contribution is 2.22. The van der Waals surface area contributed by atoms with E-state index in [-0.39, 0.29) is 12.5 Å². The van der Waals surface area contributed by atoms with Crippen molar-refractivity contribution in [3.05, 3.63) is 35.4 Å². The number of benzene rings is 1. The summed E-state index contributed by atoms with van der Waals surface area (Å²) in [5.74, 6) is -0.743. The molecule has 1 unspecified atom stereocenters. The Morgan fingerprint density at radius 2 is 2.18 bits per heavy atom. The van der Waals surface area contributed by atoms with Crippen LogP contribution in [-0.2, 0) is 9.59 Å². The quantitative estimate of drug-likeness (QED) is 0.867. The largest absolute Gasteiger partial charge is 0.496 e. The second-order valence-electron chi connectivity index (χ2n) is 5.54. The van der Waals surface area contributed by atoms with Crippen LogP contribution in [0.15, 0.2) is 24.3 Å². The first-order valence-electron chi connectivity index (χ1n) is 7.35. The van der Waals surface area contributed by atoms with Gasteiger partial charge >= 0.3 is 5.97 Å². The summed E-state index contributed by atoms with van der Waals surface area (Å²) in [5, 5.41) is 9.07. The summed E-state index contributed by atoms with van der Waals surface area (Å²) in [4.78, 5) is 24.9. The number of carboxylic acid groups (broad SMARTS) is 1. The zero-order valence-corrected chi connectivity index (χ0v) is 12.9. The van der Waals surface area contributed by atoms with Crippen molar-refractivity contribution in [2.45, 2.75) is 19.8 Å². The van der Waals surface area contributed by atoms with Gasteiger partial charge in [-0.15, -0.1) is 0 Å². The number of rotatable bonds is 4. The van der Waals surface area contributed by atoms with Gasteiger partial charge in [-0.25, -0.2) is 0 Å². The molecule has 1 N–H and O–H groups in total. The van der Waals surface area contributed by atoms with E-state index in [0.29, 0.717) is 18.7 Å². The van der Waals surface area contributed by atoms with Gasteiger partial charge in [0, 0.05) is 24.7 Å². The normalized spacial score (nSPS) is 18.5. The van der Waals surface area contributed by atoms with Crippen LogP contribution in [0.4, 0.5) is 0 Å². The predicted molar refractivity (Wildman–Crippen MR) is 83.7 cm³/mol. The molecule has 1 aliphatic heterocycles. The fourth-order valence-electron chi connectivity index (χ4n) is 2.63. The van der Waals surface area contributed by atoms with Gasteiger partial charge in [-0.1, -0.05) is 11.6 Å². The van der Waals surface area contributed by atoms with Crippen LogP contribution in [0.1, 0.15) is 24.0 Å². The number of amides is 1. The van der Waals surface area contributed by atoms with Gasteiger partial charge in [0.15, 0.2) is 0 Å². The summed E-state index contributed by atoms with van der Waals surface area (Å²) in [7, 11) is 1.59. The van der Waals surface area contributed by atoms with E-state index in [1.165, 1.54) is 6.08 Å². The lowest BCUT2D eigenvalue weighted by Gasteiger charge is -2.29. The van der Waals surface area contributed by atoms with Gasteiger partial charge in [0.05, 0.1) is 13.0 Å². The SMILES string of the molecule is COc1ccc(C)cc1C=CC(=O)N1CCCC(C(=O)O)C1. The monoisotopic (exact) mass is 303 g/mol. The molecule has 5 nitrogen and oxygen atoms in total. The third kappa shape index (κ3) is 3.87. The molecule has 5 heteroatoms. The molecule has 0 radical (unpaired) electrons. The van der Waals surface area contributed by atoms with Gasteiger partial charge in [0.25, 0.3) is 0 Å². The van der Waals surface area contributed by atoms with Crippen LogP contribution in [-0.4, -0.2) is 42.1 Å². The van der Waals surface area contributed by atoms with Crippen molar-refractivity contribution in [3.8, 4) is 5.75 Å². The maximum Gasteiger partial charge on any atom is 0.308 e. The molecular formula is C17H21NO4. The summed E-state index contributed by atoms with van der Waals surface area (Å²) in [5.41, 5.74) is 1.92. The molecule has 1 aromatic carbocycles. The van der Waals surface area contributed by atoms with Crippen molar-refractivity contribution in [1.29, 1.82) is 0 Å². The number of ether oxygens (including phenoxy) is 1. The van der Waals surface area contributed by atoms with Gasteiger partial charge in [-0.2, -0.15) is 0 Å². The zero-order valence-electron chi connectivity index (χ0n) is 12.9. The van der Waals surface area contributed by atoms with Crippen LogP contribution in [0.25, 0.3) is 6.08 Å². The molecule has 0 saturated carbocycles. The predicted octanol–water partition coefficient (Wildman–Crippen LogP) is 2.34. The lowest BCUT2D eigenvalue weighted by molar-refractivity contribution is -0.144. The average molecular weight is 303 g/mol. The second kappa shape index (κ2) is 7.11. The van der Waals surface area contributed by atoms with E-state index in [2.05, 4.69) is 0 Å². The molecule has 2 rings (SSSR count). The zero-order chi connectivity index (χ0) is 16.1. The van der Waals surface area contributed by atoms with Crippen molar-refractivity contribution < 1.29 is 19.4 Å². The average Bonchev–Trinajstić information content (AvgIpc) is 2.52. The molecular weight excluding hydrogens is 282 g/mol. The highest BCUT2D eigenvalue weighted by atomic mass is 16.5. The number of carbonyl (C=O) groups excluding carboxylic acids is 1. The van der Waals surface area contributed by atoms with Crippen LogP contribution in [0, 0.1) is 12.8 Å². The van der Waals surface area contributed by atoms with Gasteiger partial charge in [0.2, 0.25) is 5.91 Å². The third-order valence-corrected chi connectivity index (χ3v) is 3.87. The van der Waals surface area contributed by atoms with Gasteiger partial charge < -0.3 is 14.7 Å². The molecule has 0 bridgehead atoms. The Kier molecular flexibility index (Phi) is 5.20. The fraction of sp³-hybridized carbons (Fsp3) is 0.412. The number of aliphatic carboxylic acids is 1. The minimum atomic E-state index is -0.832. The van der Waals surface area contributed by atoms with Crippen molar-refractivity contribution in [1.82, 2.24) is 4.90 Å². The number of aryl methyl sites for hydroxylation is 1. The first-order valence-corrected chi connectivity index (χ1v) is 7.35. The molecule has 118 valence electrons. The molecule has 0 aliphatic carbocycles. The van der Waals surface area contributed by atoms with E-state index in [9.17, 15) is 9.59 Å². The Morgan fingerprint density at radius 1 is 1.41 bits per heavy atom. The number of carbonyl (C=O) groups is 2. The van der Waals surface area contributed by atoms with Crippen molar-refractivity contribution in [2.24, 2.45) is 5.92 Å². The molecule has 1 saturated heterocycles. The maximum absolute atomic E-state index is 12.2. The Hall–Kier alpha value is -2.30. The Morgan fingerprint density at radius 3 is 2.86 bits per heavy atom. The van der Waals surface area contributed by atoms with Crippen LogP contribution in [0.3, 0.4) is 0 Å². The van der Waals surface area contributed by atoms with E-state index < -0.39 is 11.9 Å². The molecule has 1 atom stereocenters. The van der Waals surface area contributed by atoms with E-state index in [4.69, 9.17) is 9.84 Å². The first-order chi connectivity index (χ1) is 10.5. The smallest absolute Gasteiger partial charge is 0.308 e. The number of nitrogens with zero attached hydrogens (tertiary/aromatic N) is 1. The molecule has 22 heavy (non-hydrogen) atoms. The summed E-state index contributed by atoms with van der Waals surface area (Å²) in [6.45, 7) is 2.86. The number of hydrogen-bond acceptors (Lipinski definition) is 3. The number of likely N-dealkylation sites (tertiary alicyclic amines) is 1. The number of carboxylic acids is 1. The van der Waals surface area contributed by atoms with Crippen LogP contribution >= 0.6 is 0 Å². The molecule has 1 amide bonds. The third-order valence-electron chi connectivity index (χ3n) is 3.87. The van der Waals surface area contributed by atoms with Crippen LogP contribution < -0.4 is 4.74 Å². The Balaban J connectivity index is 2.08. The molecule has 0 aromatic heterocycles. The minimum absolute atomic E-state index is 0.158. The highest BCUT2D eigenvalue weighted by molar-refractivity contribution is 5.92. The van der Waals surface area contributed by atoms with E-state index in [0.717, 1.165) is 17.5 Å². The summed E-state index contributed by atoms with van der Waals surface area (Å²) < 4.78 is 5.27. The van der Waals surface area contributed by atoms with E-state index in [1.54, 1.807) is 18.1 Å². The van der Waals surface area contributed by atoms with Crippen molar-refractivity contribution >= 4 is 18.0 Å². The minimum Gasteiger partial charge on any atom is -0.496 e. The summed E-state index contributed by atoms with van der Waals surface area (Å²) in [6, 6.07) is 5.75. The van der Waals surface area contributed by atoms with Gasteiger partial charge in [0.1, 0.15) is 5.75 Å². The molecule has 1 heterocycles. The summed E-state index contributed by atoms with van der Waals surface area (Å²) >= 11 is 0. The lowest BCUT2D eigenvalue weighted by atomic mass is 9.98. The van der Waals surface area contributed by atoms with Crippen molar-refractivity contribution in [2.75, 3.05) is 20.2 Å². The molecule has 1 fully saturated rings. The number of hydrogen-bond donors (Lipinski definition) is 1. The second-order valence-corrected chi connectivity index (χ2v) is 5.54. The summed E-state index contributed by atoms with van der Waals surface area (Å²) in [6.07, 6.45) is 4.57. The number of piperidine rings is 1. The number of methoxy groups -OCH3 is 1. The van der Waals surface area contributed by atoms with Crippen molar-refractivity contribution in [3.63, 3.8) is 0 Å². The molecule has 0 spiro atoms. The van der Waals surface area contributed by atoms with E-state index >= 15 is 0 Å². The molecule has 1 aromatic rings. The lowest BCUT2D eigenvalue weighted by Crippen LogP contribution is -2.41. The Labute approximate surface area is 130 Å². The highest BCUT2D eigenvalue weighted by Gasteiger charge is 2.27. The maximum atomic E-state index is 12.2. The standard InChI is InChI=1S/C17H21NO4/c1-12-5-7-15(22-2)13(10-12)6-8-16(19)18-9-3-4-14(11-18)17(20)21/h5-8,10,14H,3-4,9,11H2,1-2H3,(H,20,21). The topological polar surface area (TPSA) is 66.8 Å². The van der Waals surface area contributed by atoms with Crippen LogP contribution in [0.2, 0.25) is 0 Å². The van der Waals surface area contributed by atoms with E-state index in [1.807, 2.05) is 25.1 Å².